The van der Waals surface area contributed by atoms with Gasteiger partial charge >= 0.3 is 5.97 Å². The maximum Gasteiger partial charge on any atom is 0.343 e. The van der Waals surface area contributed by atoms with Gasteiger partial charge in [0.2, 0.25) is 0 Å². The van der Waals surface area contributed by atoms with Gasteiger partial charge in [-0.05, 0) is 18.2 Å². The van der Waals surface area contributed by atoms with Gasteiger partial charge in [-0.3, -0.25) is 0 Å². The van der Waals surface area contributed by atoms with Crippen molar-refractivity contribution < 1.29 is 14.3 Å². The third-order valence-electron chi connectivity index (χ3n) is 3.02. The van der Waals surface area contributed by atoms with Gasteiger partial charge in [-0.2, -0.15) is 10.2 Å². The minimum Gasteiger partial charge on any atom is -0.486 e. The molecule has 0 spiro atoms. The number of rotatable bonds is 1. The molecule has 1 aromatic heterocycles. The third kappa shape index (κ3) is 1.69. The number of carbonyl (C=O) groups excluding carboxylic acids is 1. The minimum absolute atomic E-state index is 0.252. The fourth-order valence-electron chi connectivity index (χ4n) is 2.13. The number of nitrogen functional groups attached to an aromatic ring is 1. The number of aromatic nitrogens is 2. The van der Waals surface area contributed by atoms with Gasteiger partial charge in [0.15, 0.2) is 0 Å². The predicted octanol–water partition coefficient (Wildman–Crippen LogP) is 1.40. The molecule has 2 heterocycles. The summed E-state index contributed by atoms with van der Waals surface area (Å²) in [6.07, 6.45) is 1.60. The number of ether oxygens (including phenoxy) is 2. The molecule has 6 nitrogen and oxygen atoms in total. The molecule has 0 saturated heterocycles. The lowest BCUT2D eigenvalue weighted by molar-refractivity contribution is 0.0596. The van der Waals surface area contributed by atoms with E-state index < -0.39 is 5.97 Å². The summed E-state index contributed by atoms with van der Waals surface area (Å²) in [5, 5.41) is 7.83. The molecule has 0 aliphatic carbocycles. The Balaban J connectivity index is 2.26. The van der Waals surface area contributed by atoms with Crippen LogP contribution in [0.25, 0.3) is 11.1 Å². The van der Waals surface area contributed by atoms with E-state index in [9.17, 15) is 4.79 Å². The molecule has 2 aromatic rings. The van der Waals surface area contributed by atoms with E-state index in [1.54, 1.807) is 18.3 Å². The number of esters is 1. The quantitative estimate of drug-likeness (QED) is 0.613. The van der Waals surface area contributed by atoms with E-state index in [2.05, 4.69) is 10.2 Å². The van der Waals surface area contributed by atoms with Crippen molar-refractivity contribution in [1.29, 1.82) is 0 Å². The Labute approximate surface area is 109 Å². The molecule has 0 radical (unpaired) electrons. The van der Waals surface area contributed by atoms with Gasteiger partial charge in [0, 0.05) is 16.8 Å². The Morgan fingerprint density at radius 1 is 1.37 bits per heavy atom. The predicted molar refractivity (Wildman–Crippen MR) is 67.6 cm³/mol. The number of hydrogen-bond donors (Lipinski definition) is 1. The molecule has 0 amide bonds. The minimum atomic E-state index is -0.514. The van der Waals surface area contributed by atoms with Crippen molar-refractivity contribution >= 4 is 11.7 Å². The molecule has 1 aliphatic heterocycles. The van der Waals surface area contributed by atoms with Gasteiger partial charge in [0.1, 0.15) is 23.6 Å². The molecule has 0 atom stereocenters. The van der Waals surface area contributed by atoms with Crippen LogP contribution in [0, 0.1) is 0 Å². The average molecular weight is 257 g/mol. The number of carbonyl (C=O) groups is 1. The first-order valence-corrected chi connectivity index (χ1v) is 5.67. The summed E-state index contributed by atoms with van der Waals surface area (Å²) < 4.78 is 10.3. The monoisotopic (exact) mass is 257 g/mol. The summed E-state index contributed by atoms with van der Waals surface area (Å²) >= 11 is 0. The summed E-state index contributed by atoms with van der Waals surface area (Å²) in [5.74, 6) is -0.0767. The molecular weight excluding hydrogens is 246 g/mol. The first-order chi connectivity index (χ1) is 9.22. The third-order valence-corrected chi connectivity index (χ3v) is 3.02. The Kier molecular flexibility index (Phi) is 2.56. The Morgan fingerprint density at radius 3 is 3.00 bits per heavy atom. The van der Waals surface area contributed by atoms with Crippen molar-refractivity contribution in [3.63, 3.8) is 0 Å². The van der Waals surface area contributed by atoms with Gasteiger partial charge in [-0.15, -0.1) is 0 Å². The molecule has 96 valence electrons. The molecule has 0 unspecified atom stereocenters. The molecule has 2 N–H and O–H groups in total. The van der Waals surface area contributed by atoms with Crippen molar-refractivity contribution in [2.75, 3.05) is 12.8 Å². The van der Waals surface area contributed by atoms with Crippen LogP contribution < -0.4 is 10.5 Å². The summed E-state index contributed by atoms with van der Waals surface area (Å²) in [4.78, 5) is 11.8. The van der Waals surface area contributed by atoms with Crippen molar-refractivity contribution in [2.45, 2.75) is 6.61 Å². The van der Waals surface area contributed by atoms with Crippen molar-refractivity contribution in [1.82, 2.24) is 10.2 Å². The lowest BCUT2D eigenvalue weighted by atomic mass is 9.97. The highest BCUT2D eigenvalue weighted by Crippen LogP contribution is 2.41. The van der Waals surface area contributed by atoms with E-state index in [1.807, 2.05) is 6.07 Å². The highest BCUT2D eigenvalue weighted by Gasteiger charge is 2.26. The Morgan fingerprint density at radius 2 is 2.21 bits per heavy atom. The van der Waals surface area contributed by atoms with E-state index in [0.29, 0.717) is 11.4 Å². The van der Waals surface area contributed by atoms with Crippen LogP contribution >= 0.6 is 0 Å². The Hall–Kier alpha value is -2.63. The van der Waals surface area contributed by atoms with Gasteiger partial charge < -0.3 is 15.2 Å². The SMILES string of the molecule is COC(=O)c1c(N)ccc2c1OCc1nnccc1-2. The maximum absolute atomic E-state index is 11.8. The second kappa shape index (κ2) is 4.24. The van der Waals surface area contributed by atoms with Crippen molar-refractivity contribution in [3.8, 4) is 16.9 Å². The van der Waals surface area contributed by atoms with Crippen molar-refractivity contribution in [3.05, 3.63) is 35.7 Å². The fourth-order valence-corrected chi connectivity index (χ4v) is 2.13. The van der Waals surface area contributed by atoms with Crippen LogP contribution in [0.4, 0.5) is 5.69 Å². The van der Waals surface area contributed by atoms with Crippen LogP contribution in [0.1, 0.15) is 16.1 Å². The van der Waals surface area contributed by atoms with Gasteiger partial charge in [-0.1, -0.05) is 0 Å². The number of hydrogen-bond acceptors (Lipinski definition) is 6. The number of nitrogens with two attached hydrogens (primary N) is 1. The summed E-state index contributed by atoms with van der Waals surface area (Å²) in [7, 11) is 1.31. The van der Waals surface area contributed by atoms with Crippen LogP contribution in [-0.4, -0.2) is 23.3 Å². The summed E-state index contributed by atoms with van der Waals surface area (Å²) in [6.45, 7) is 0.254. The number of fused-ring (bicyclic) bond motifs is 3. The van der Waals surface area contributed by atoms with Crippen LogP contribution in [0.15, 0.2) is 24.4 Å². The van der Waals surface area contributed by atoms with E-state index in [0.717, 1.165) is 16.8 Å². The molecule has 1 aliphatic rings. The number of nitrogens with zero attached hydrogens (tertiary/aromatic N) is 2. The second-order valence-corrected chi connectivity index (χ2v) is 4.08. The van der Waals surface area contributed by atoms with Crippen molar-refractivity contribution in [2.24, 2.45) is 0 Å². The van der Waals surface area contributed by atoms with Gasteiger partial charge in [-0.25, -0.2) is 4.79 Å². The topological polar surface area (TPSA) is 87.3 Å². The first-order valence-electron chi connectivity index (χ1n) is 5.67. The average Bonchev–Trinajstić information content (AvgIpc) is 2.46. The molecule has 0 saturated carbocycles. The van der Waals surface area contributed by atoms with Crippen LogP contribution in [0.2, 0.25) is 0 Å². The number of methoxy groups -OCH3 is 1. The molecule has 0 fully saturated rings. The van der Waals surface area contributed by atoms with E-state index in [1.165, 1.54) is 7.11 Å². The summed E-state index contributed by atoms with van der Waals surface area (Å²) in [6, 6.07) is 5.29. The van der Waals surface area contributed by atoms with E-state index in [-0.39, 0.29) is 12.2 Å². The lowest BCUT2D eigenvalue weighted by Crippen LogP contribution is -2.14. The van der Waals surface area contributed by atoms with Crippen LogP contribution in [0.3, 0.4) is 0 Å². The number of anilines is 1. The maximum atomic E-state index is 11.8. The van der Waals surface area contributed by atoms with Gasteiger partial charge in [0.25, 0.3) is 0 Å². The van der Waals surface area contributed by atoms with Crippen LogP contribution in [-0.2, 0) is 11.3 Å². The molecule has 0 bridgehead atoms. The lowest BCUT2D eigenvalue weighted by Gasteiger charge is -2.21. The fraction of sp³-hybridized carbons (Fsp3) is 0.154. The molecule has 3 rings (SSSR count). The van der Waals surface area contributed by atoms with E-state index in [4.69, 9.17) is 15.2 Å². The zero-order chi connectivity index (χ0) is 13.4. The molecule has 6 heteroatoms. The molecular formula is C13H11N3O3. The van der Waals surface area contributed by atoms with E-state index >= 15 is 0 Å². The van der Waals surface area contributed by atoms with Gasteiger partial charge in [0.05, 0.1) is 13.3 Å². The highest BCUT2D eigenvalue weighted by atomic mass is 16.5. The second-order valence-electron chi connectivity index (χ2n) is 4.08. The zero-order valence-electron chi connectivity index (χ0n) is 10.2. The van der Waals surface area contributed by atoms with Crippen LogP contribution in [0.5, 0.6) is 5.75 Å². The largest absolute Gasteiger partial charge is 0.486 e. The first kappa shape index (κ1) is 11.5. The molecule has 19 heavy (non-hydrogen) atoms. The zero-order valence-corrected chi connectivity index (χ0v) is 10.2. The Bertz CT molecular complexity index is 670. The standard InChI is InChI=1S/C13H11N3O3/c1-18-13(17)11-9(14)3-2-8-7-4-5-15-16-10(7)6-19-12(8)11/h2-5H,6,14H2,1H3. The summed E-state index contributed by atoms with van der Waals surface area (Å²) in [5.41, 5.74) is 8.81. The number of benzene rings is 1. The normalized spacial score (nSPS) is 12.1. The molecule has 1 aromatic carbocycles. The smallest absolute Gasteiger partial charge is 0.343 e. The highest BCUT2D eigenvalue weighted by molar-refractivity contribution is 6.01.